The fraction of sp³-hybridized carbons (Fsp3) is 0. The van der Waals surface area contributed by atoms with Crippen LogP contribution in [0.1, 0.15) is 0 Å². The summed E-state index contributed by atoms with van der Waals surface area (Å²) < 4.78 is 6.22. The molecule has 0 aliphatic heterocycles. The SMILES string of the molecule is c1ccc2cc(-c3c(-c4ccc(N(c5ccc(-c6ccc(-c7ccc8c(c7)oc7ccccc78)cc6)cc5)c5cc6ccccc6c6ccccc56)cc4)ccc4ccccc34)ccc2c1. The summed E-state index contributed by atoms with van der Waals surface area (Å²) in [5, 5.41) is 12.2. The first kappa shape index (κ1) is 37.8. The lowest BCUT2D eigenvalue weighted by Crippen LogP contribution is -2.10. The Bertz CT molecular complexity index is 3970. The number of benzene rings is 12. The van der Waals surface area contributed by atoms with E-state index in [4.69, 9.17) is 4.42 Å². The van der Waals surface area contributed by atoms with Crippen LogP contribution in [-0.4, -0.2) is 0 Å². The zero-order chi connectivity index (χ0) is 43.6. The molecule has 0 aliphatic rings. The zero-order valence-corrected chi connectivity index (χ0v) is 36.0. The topological polar surface area (TPSA) is 16.4 Å². The lowest BCUT2D eigenvalue weighted by atomic mass is 9.89. The number of fused-ring (bicyclic) bond motifs is 8. The van der Waals surface area contributed by atoms with Crippen LogP contribution in [0.25, 0.3) is 110 Å². The van der Waals surface area contributed by atoms with Gasteiger partial charge in [0.25, 0.3) is 0 Å². The van der Waals surface area contributed by atoms with Crippen LogP contribution in [0.4, 0.5) is 17.1 Å². The van der Waals surface area contributed by atoms with Gasteiger partial charge < -0.3 is 9.32 Å². The maximum absolute atomic E-state index is 6.22. The quantitative estimate of drug-likeness (QED) is 0.149. The first-order valence-corrected chi connectivity index (χ1v) is 22.6. The summed E-state index contributed by atoms with van der Waals surface area (Å²) in [5.41, 5.74) is 14.6. The third kappa shape index (κ3) is 6.42. The molecule has 0 radical (unpaired) electrons. The Morgan fingerprint density at radius 2 is 0.758 bits per heavy atom. The number of rotatable bonds is 7. The third-order valence-corrected chi connectivity index (χ3v) is 13.4. The summed E-state index contributed by atoms with van der Waals surface area (Å²) in [6.45, 7) is 0. The molecule has 0 N–H and O–H groups in total. The molecule has 0 aliphatic carbocycles. The Hall–Kier alpha value is -8.72. The Balaban J connectivity index is 0.899. The van der Waals surface area contributed by atoms with Crippen LogP contribution >= 0.6 is 0 Å². The maximum Gasteiger partial charge on any atom is 0.136 e. The van der Waals surface area contributed by atoms with E-state index in [9.17, 15) is 0 Å². The molecular formula is C64H41NO. The number of hydrogen-bond acceptors (Lipinski definition) is 2. The summed E-state index contributed by atoms with van der Waals surface area (Å²) in [7, 11) is 0. The van der Waals surface area contributed by atoms with Crippen molar-refractivity contribution in [3.63, 3.8) is 0 Å². The molecule has 12 aromatic carbocycles. The monoisotopic (exact) mass is 839 g/mol. The number of para-hydroxylation sites is 1. The molecule has 13 aromatic rings. The minimum atomic E-state index is 0.909. The van der Waals surface area contributed by atoms with Gasteiger partial charge in [0.1, 0.15) is 11.2 Å². The van der Waals surface area contributed by atoms with Crippen molar-refractivity contribution in [2.45, 2.75) is 0 Å². The van der Waals surface area contributed by atoms with Gasteiger partial charge in [-0.05, 0) is 137 Å². The molecule has 0 atom stereocenters. The first-order valence-electron chi connectivity index (χ1n) is 22.6. The van der Waals surface area contributed by atoms with E-state index < -0.39 is 0 Å². The molecule has 0 amide bonds. The van der Waals surface area contributed by atoms with Gasteiger partial charge in [0, 0.05) is 27.5 Å². The molecule has 2 heteroatoms. The van der Waals surface area contributed by atoms with Gasteiger partial charge in [0.05, 0.1) is 5.69 Å². The van der Waals surface area contributed by atoms with Gasteiger partial charge in [-0.25, -0.2) is 0 Å². The molecule has 13 rings (SSSR count). The van der Waals surface area contributed by atoms with E-state index in [0.29, 0.717) is 0 Å². The zero-order valence-electron chi connectivity index (χ0n) is 36.0. The second kappa shape index (κ2) is 15.5. The molecule has 0 bridgehead atoms. The smallest absolute Gasteiger partial charge is 0.136 e. The highest BCUT2D eigenvalue weighted by atomic mass is 16.3. The number of hydrogen-bond donors (Lipinski definition) is 0. The average Bonchev–Trinajstić information content (AvgIpc) is 3.77. The van der Waals surface area contributed by atoms with Crippen molar-refractivity contribution in [1.29, 1.82) is 0 Å². The van der Waals surface area contributed by atoms with Gasteiger partial charge >= 0.3 is 0 Å². The number of nitrogens with zero attached hydrogens (tertiary/aromatic N) is 1. The molecule has 308 valence electrons. The summed E-state index contributed by atoms with van der Waals surface area (Å²) in [5.74, 6) is 0. The molecule has 0 fully saturated rings. The summed E-state index contributed by atoms with van der Waals surface area (Å²) in [4.78, 5) is 2.42. The molecule has 0 saturated carbocycles. The van der Waals surface area contributed by atoms with Gasteiger partial charge in [-0.2, -0.15) is 0 Å². The third-order valence-electron chi connectivity index (χ3n) is 13.4. The van der Waals surface area contributed by atoms with E-state index in [-0.39, 0.29) is 0 Å². The minimum absolute atomic E-state index is 0.909. The van der Waals surface area contributed by atoms with Gasteiger partial charge in [0.2, 0.25) is 0 Å². The molecular weight excluding hydrogens is 799 g/mol. The molecule has 1 heterocycles. The molecule has 2 nitrogen and oxygen atoms in total. The number of furan rings is 1. The molecule has 1 aromatic heterocycles. The lowest BCUT2D eigenvalue weighted by molar-refractivity contribution is 0.669. The summed E-state index contributed by atoms with van der Waals surface area (Å²) >= 11 is 0. The van der Waals surface area contributed by atoms with Gasteiger partial charge in [0.15, 0.2) is 0 Å². The summed E-state index contributed by atoms with van der Waals surface area (Å²) in [6, 6.07) is 90.4. The van der Waals surface area contributed by atoms with Crippen LogP contribution < -0.4 is 4.90 Å². The van der Waals surface area contributed by atoms with Crippen molar-refractivity contribution >= 4 is 82.1 Å². The Morgan fingerprint density at radius 3 is 1.50 bits per heavy atom. The van der Waals surface area contributed by atoms with E-state index in [0.717, 1.165) is 55.7 Å². The van der Waals surface area contributed by atoms with Crippen LogP contribution in [0.3, 0.4) is 0 Å². The Morgan fingerprint density at radius 1 is 0.258 bits per heavy atom. The van der Waals surface area contributed by atoms with Crippen molar-refractivity contribution in [3.05, 3.63) is 249 Å². The Labute approximate surface area is 382 Å². The molecule has 0 saturated heterocycles. The van der Waals surface area contributed by atoms with Gasteiger partial charge in [-0.15, -0.1) is 0 Å². The second-order valence-electron chi connectivity index (χ2n) is 17.2. The lowest BCUT2D eigenvalue weighted by Gasteiger charge is -2.28. The average molecular weight is 840 g/mol. The highest BCUT2D eigenvalue weighted by Gasteiger charge is 2.19. The van der Waals surface area contributed by atoms with E-state index in [1.165, 1.54) is 70.9 Å². The van der Waals surface area contributed by atoms with Crippen LogP contribution in [-0.2, 0) is 0 Å². The van der Waals surface area contributed by atoms with E-state index in [2.05, 4.69) is 241 Å². The molecule has 0 spiro atoms. The molecule has 66 heavy (non-hydrogen) atoms. The summed E-state index contributed by atoms with van der Waals surface area (Å²) in [6.07, 6.45) is 0. The Kier molecular flexibility index (Phi) is 8.89. The van der Waals surface area contributed by atoms with Gasteiger partial charge in [-0.3, -0.25) is 0 Å². The van der Waals surface area contributed by atoms with Crippen LogP contribution in [0.5, 0.6) is 0 Å². The fourth-order valence-corrected chi connectivity index (χ4v) is 10.2. The van der Waals surface area contributed by atoms with Crippen LogP contribution in [0.15, 0.2) is 253 Å². The maximum atomic E-state index is 6.22. The van der Waals surface area contributed by atoms with Crippen molar-refractivity contribution < 1.29 is 4.42 Å². The second-order valence-corrected chi connectivity index (χ2v) is 17.2. The van der Waals surface area contributed by atoms with Crippen molar-refractivity contribution in [2.24, 2.45) is 0 Å². The van der Waals surface area contributed by atoms with Crippen LogP contribution in [0, 0.1) is 0 Å². The largest absolute Gasteiger partial charge is 0.456 e. The van der Waals surface area contributed by atoms with Crippen molar-refractivity contribution in [1.82, 2.24) is 0 Å². The van der Waals surface area contributed by atoms with Gasteiger partial charge in [-0.1, -0.05) is 194 Å². The van der Waals surface area contributed by atoms with E-state index >= 15 is 0 Å². The van der Waals surface area contributed by atoms with Crippen molar-refractivity contribution in [2.75, 3.05) is 4.90 Å². The van der Waals surface area contributed by atoms with Crippen molar-refractivity contribution in [3.8, 4) is 44.5 Å². The first-order chi connectivity index (χ1) is 32.7. The highest BCUT2D eigenvalue weighted by molar-refractivity contribution is 6.15. The highest BCUT2D eigenvalue weighted by Crippen LogP contribution is 2.45. The predicted octanol–water partition coefficient (Wildman–Crippen LogP) is 18.3. The van der Waals surface area contributed by atoms with E-state index in [1.54, 1.807) is 0 Å². The fourth-order valence-electron chi connectivity index (χ4n) is 10.2. The molecule has 0 unspecified atom stereocenters. The normalized spacial score (nSPS) is 11.6. The van der Waals surface area contributed by atoms with Crippen LogP contribution in [0.2, 0.25) is 0 Å². The standard InChI is InChI=1S/C64H41NO/c1-2-13-48-39-51(26-25-42(48)11-1)64-55-16-6-3-12-46(55)31-37-56(64)47-29-35-53(36-30-47)65(61-40-50-14-4-5-15-54(50)57-17-7-8-18-58(57)61)52-33-27-44(28-34-52)43-21-23-45(24-22-43)49-32-38-60-59-19-9-10-20-62(59)66-63(60)41-49/h1-41H. The minimum Gasteiger partial charge on any atom is -0.456 e. The number of anilines is 3. The predicted molar refractivity (Wildman–Crippen MR) is 280 cm³/mol. The van der Waals surface area contributed by atoms with E-state index in [1.807, 2.05) is 12.1 Å².